The molecule has 0 atom stereocenters. The molecule has 0 saturated heterocycles. The van der Waals surface area contributed by atoms with E-state index in [9.17, 15) is 5.11 Å². The molecule has 0 bridgehead atoms. The Balaban J connectivity index is 0.00000197. The molecule has 0 aliphatic heterocycles. The summed E-state index contributed by atoms with van der Waals surface area (Å²) in [6.45, 7) is 17.1. The minimum absolute atomic E-state index is 0. The third-order valence-electron chi connectivity index (χ3n) is 10.2. The largest absolute Gasteiger partial charge is 0.507 e. The van der Waals surface area contributed by atoms with Gasteiger partial charge in [-0.1, -0.05) is 145 Å². The maximum Gasteiger partial charge on any atom is 0.134 e. The summed E-state index contributed by atoms with van der Waals surface area (Å²) in [6, 6.07) is 48.5. The Labute approximate surface area is 353 Å². The molecule has 7 rings (SSSR count). The number of hydrogen-bond acceptors (Lipinski definition) is 3. The Kier molecular flexibility index (Phi) is 14.1. The smallest absolute Gasteiger partial charge is 0.134 e. The molecule has 0 spiro atoms. The van der Waals surface area contributed by atoms with Crippen molar-refractivity contribution in [1.82, 2.24) is 4.98 Å². The summed E-state index contributed by atoms with van der Waals surface area (Å²) in [5.41, 5.74) is 16.4. The number of ether oxygens (including phenoxy) is 1. The molecule has 7 aromatic rings. The normalized spacial score (nSPS) is 10.8. The number of phenolic OH excluding ortho intramolecular Hbond substituents is 1. The van der Waals surface area contributed by atoms with Gasteiger partial charge in [0.15, 0.2) is 0 Å². The number of nitrogens with zero attached hydrogens (tertiary/aromatic N) is 1. The molecule has 3 nitrogen and oxygen atoms in total. The van der Waals surface area contributed by atoms with Crippen molar-refractivity contribution in [3.05, 3.63) is 162 Å². The molecule has 0 aliphatic rings. The van der Waals surface area contributed by atoms with E-state index >= 15 is 0 Å². The van der Waals surface area contributed by atoms with Crippen LogP contribution in [0.2, 0.25) is 0 Å². The van der Waals surface area contributed by atoms with Gasteiger partial charge in [-0.25, -0.2) is 4.98 Å². The average Bonchev–Trinajstić information content (AvgIpc) is 3.22. The Bertz CT molecular complexity index is 2440. The predicted octanol–water partition coefficient (Wildman–Crippen LogP) is 14.7. The molecule has 282 valence electrons. The molecular weight excluding hydrogens is 849 g/mol. The summed E-state index contributed by atoms with van der Waals surface area (Å²) in [5.74, 6) is 1.81. The van der Waals surface area contributed by atoms with Gasteiger partial charge in [-0.3, -0.25) is 0 Å². The molecule has 1 aromatic heterocycles. The third kappa shape index (κ3) is 8.51. The Morgan fingerprint density at radius 2 is 0.786 bits per heavy atom. The van der Waals surface area contributed by atoms with Crippen LogP contribution in [-0.4, -0.2) is 17.2 Å². The molecule has 0 fully saturated rings. The van der Waals surface area contributed by atoms with Gasteiger partial charge >= 0.3 is 0 Å². The fourth-order valence-electron chi connectivity index (χ4n) is 7.69. The minimum atomic E-state index is 0. The predicted molar refractivity (Wildman–Crippen MR) is 234 cm³/mol. The number of methoxy groups -OCH3 is 1. The van der Waals surface area contributed by atoms with Crippen LogP contribution in [0.15, 0.2) is 140 Å². The molecule has 0 unspecified atom stereocenters. The van der Waals surface area contributed by atoms with Crippen LogP contribution in [0.4, 0.5) is 0 Å². The van der Waals surface area contributed by atoms with Crippen molar-refractivity contribution in [2.24, 2.45) is 0 Å². The molecule has 1 heterocycles. The topological polar surface area (TPSA) is 42.4 Å². The van der Waals surface area contributed by atoms with Crippen LogP contribution in [0.5, 0.6) is 11.5 Å². The maximum atomic E-state index is 12.0. The molecule has 0 aliphatic carbocycles. The summed E-state index contributed by atoms with van der Waals surface area (Å²) >= 11 is 0. The van der Waals surface area contributed by atoms with Crippen LogP contribution in [0.1, 0.15) is 75.6 Å². The first-order valence-corrected chi connectivity index (χ1v) is 19.5. The average molecular weight is 902 g/mol. The van der Waals surface area contributed by atoms with Gasteiger partial charge in [0, 0.05) is 59.2 Å². The first-order valence-electron chi connectivity index (χ1n) is 19.5. The van der Waals surface area contributed by atoms with Crippen LogP contribution in [0.3, 0.4) is 0 Å². The number of aromatic hydroxyl groups is 1. The zero-order valence-electron chi connectivity index (χ0n) is 34.2. The van der Waals surface area contributed by atoms with E-state index in [1.165, 1.54) is 16.7 Å². The zero-order chi connectivity index (χ0) is 39.2. The second-order valence-corrected chi connectivity index (χ2v) is 14.6. The molecule has 4 heteroatoms. The summed E-state index contributed by atoms with van der Waals surface area (Å²) in [6.07, 6.45) is 0. The van der Waals surface area contributed by atoms with E-state index in [0.29, 0.717) is 11.8 Å². The Hall–Kier alpha value is -5.06. The zero-order valence-corrected chi connectivity index (χ0v) is 37.8. The summed E-state index contributed by atoms with van der Waals surface area (Å²) in [7, 11) is 1.77. The molecule has 1 N–H and O–H groups in total. The number of rotatable bonds is 9. The summed E-state index contributed by atoms with van der Waals surface area (Å²) in [4.78, 5) is 5.33. The second kappa shape index (κ2) is 18.7. The minimum Gasteiger partial charge on any atom is -0.507 e. The number of aryl methyl sites for hydroxylation is 2. The van der Waals surface area contributed by atoms with Crippen molar-refractivity contribution in [3.63, 3.8) is 0 Å². The fourth-order valence-corrected chi connectivity index (χ4v) is 7.69. The molecule has 0 saturated carbocycles. The Morgan fingerprint density at radius 3 is 1.23 bits per heavy atom. The van der Waals surface area contributed by atoms with E-state index in [1.807, 2.05) is 32.0 Å². The van der Waals surface area contributed by atoms with Gasteiger partial charge in [0.05, 0.1) is 18.5 Å². The number of pyridine rings is 1. The number of aromatic nitrogens is 1. The van der Waals surface area contributed by atoms with E-state index in [0.717, 1.165) is 78.3 Å². The summed E-state index contributed by atoms with van der Waals surface area (Å²) in [5, 5.41) is 12.0. The van der Waals surface area contributed by atoms with Gasteiger partial charge < -0.3 is 9.84 Å². The SMILES string of the molecule is CC.COc1c(-c2ccccc2-c2cccc(-c3ccccc3-c3cc(C)cc(-c4ccccc4C(C)C)c3O)n2)cc(C)cc1-c1ccccc1C(C)C.[Hf]. The first kappa shape index (κ1) is 42.1. The second-order valence-electron chi connectivity index (χ2n) is 14.6. The molecular formula is C52H53HfNO2. The van der Waals surface area contributed by atoms with Crippen molar-refractivity contribution >= 4 is 0 Å². The van der Waals surface area contributed by atoms with Gasteiger partial charge in [0.25, 0.3) is 0 Å². The van der Waals surface area contributed by atoms with Crippen molar-refractivity contribution in [2.45, 2.75) is 67.2 Å². The van der Waals surface area contributed by atoms with E-state index in [-0.39, 0.29) is 31.6 Å². The first-order chi connectivity index (χ1) is 26.7. The van der Waals surface area contributed by atoms with Crippen molar-refractivity contribution in [1.29, 1.82) is 0 Å². The van der Waals surface area contributed by atoms with Gasteiger partial charge in [-0.2, -0.15) is 0 Å². The number of phenols is 1. The van der Waals surface area contributed by atoms with Crippen molar-refractivity contribution in [2.75, 3.05) is 7.11 Å². The van der Waals surface area contributed by atoms with E-state index in [1.54, 1.807) is 7.11 Å². The van der Waals surface area contributed by atoms with Gasteiger partial charge in [-0.15, -0.1) is 0 Å². The van der Waals surface area contributed by atoms with Crippen molar-refractivity contribution in [3.8, 4) is 78.5 Å². The quantitative estimate of drug-likeness (QED) is 0.147. The molecule has 56 heavy (non-hydrogen) atoms. The monoisotopic (exact) mass is 903 g/mol. The molecule has 0 radical (unpaired) electrons. The van der Waals surface area contributed by atoms with Crippen LogP contribution in [0, 0.1) is 13.8 Å². The molecule has 6 aromatic carbocycles. The van der Waals surface area contributed by atoms with E-state index in [2.05, 4.69) is 163 Å². The van der Waals surface area contributed by atoms with Crippen molar-refractivity contribution < 1.29 is 35.7 Å². The van der Waals surface area contributed by atoms with E-state index < -0.39 is 0 Å². The number of hydrogen-bond donors (Lipinski definition) is 1. The van der Waals surface area contributed by atoms with Crippen LogP contribution < -0.4 is 4.74 Å². The van der Waals surface area contributed by atoms with Gasteiger partial charge in [0.1, 0.15) is 11.5 Å². The maximum absolute atomic E-state index is 12.0. The van der Waals surface area contributed by atoms with Gasteiger partial charge in [0.2, 0.25) is 0 Å². The van der Waals surface area contributed by atoms with Gasteiger partial charge in [-0.05, 0) is 107 Å². The van der Waals surface area contributed by atoms with Crippen LogP contribution in [-0.2, 0) is 25.8 Å². The Morgan fingerprint density at radius 1 is 0.446 bits per heavy atom. The molecule has 0 amide bonds. The van der Waals surface area contributed by atoms with E-state index in [4.69, 9.17) is 9.72 Å². The number of benzene rings is 6. The third-order valence-corrected chi connectivity index (χ3v) is 10.2. The van der Waals surface area contributed by atoms with Crippen LogP contribution >= 0.6 is 0 Å². The fraction of sp³-hybridized carbons (Fsp3) is 0.212. The van der Waals surface area contributed by atoms with Crippen LogP contribution in [0.25, 0.3) is 67.0 Å². The standard InChI is InChI=1S/C50H47NO2.C2H6.Hf/c1-31(2)35-17-8-10-19-37(35)43-27-33(5)28-44(49(43)52)39-21-12-14-23-41(39)47-25-16-26-48(51-47)42-24-15-13-22-40(42)46-30-34(6)29-45(50(46)53-7)38-20-11-9-18-36(38)32(3)4;1-2;/h8-32,52H,1-7H3;1-2H3;. The summed E-state index contributed by atoms with van der Waals surface area (Å²) < 4.78 is 6.26.